The molecule has 0 saturated heterocycles. The first-order chi connectivity index (χ1) is 8.74. The van der Waals surface area contributed by atoms with Gasteiger partial charge in [-0.1, -0.05) is 0 Å². The van der Waals surface area contributed by atoms with Crippen molar-refractivity contribution in [1.82, 2.24) is 4.57 Å². The summed E-state index contributed by atoms with van der Waals surface area (Å²) in [7, 11) is 1.83. The monoisotopic (exact) mass is 244 g/mol. The molecule has 18 heavy (non-hydrogen) atoms. The van der Waals surface area contributed by atoms with Gasteiger partial charge in [0.25, 0.3) is 5.91 Å². The Labute approximate surface area is 104 Å². The van der Waals surface area contributed by atoms with Gasteiger partial charge in [-0.15, -0.1) is 0 Å². The molecule has 0 fully saturated rings. The number of amides is 1. The lowest BCUT2D eigenvalue weighted by molar-refractivity contribution is 0.101. The number of fused-ring (bicyclic) bond motifs is 1. The van der Waals surface area contributed by atoms with E-state index in [0.717, 1.165) is 0 Å². The van der Waals surface area contributed by atoms with Gasteiger partial charge in [0.05, 0.1) is 0 Å². The third-order valence-corrected chi connectivity index (χ3v) is 2.81. The molecule has 5 heteroatoms. The Morgan fingerprint density at radius 3 is 2.89 bits per heavy atom. The molecule has 0 saturated carbocycles. The van der Waals surface area contributed by atoms with E-state index in [2.05, 4.69) is 5.32 Å². The molecule has 1 N–H and O–H groups in total. The van der Waals surface area contributed by atoms with Gasteiger partial charge in [-0.05, 0) is 24.3 Å². The van der Waals surface area contributed by atoms with Crippen molar-refractivity contribution in [3.63, 3.8) is 0 Å². The van der Waals surface area contributed by atoms with Crippen LogP contribution in [0.5, 0.6) is 11.5 Å². The highest BCUT2D eigenvalue weighted by Crippen LogP contribution is 2.34. The maximum Gasteiger partial charge on any atom is 0.272 e. The van der Waals surface area contributed by atoms with Crippen molar-refractivity contribution in [3.05, 3.63) is 42.2 Å². The Morgan fingerprint density at radius 2 is 2.11 bits per heavy atom. The normalized spacial score (nSPS) is 12.5. The molecule has 0 aliphatic carbocycles. The molecular weight excluding hydrogens is 232 g/mol. The number of aromatic nitrogens is 1. The molecule has 0 spiro atoms. The van der Waals surface area contributed by atoms with Gasteiger partial charge in [0, 0.05) is 25.0 Å². The van der Waals surface area contributed by atoms with E-state index in [9.17, 15) is 4.79 Å². The van der Waals surface area contributed by atoms with E-state index in [1.807, 2.05) is 19.3 Å². The van der Waals surface area contributed by atoms with Crippen molar-refractivity contribution < 1.29 is 14.3 Å². The number of ether oxygens (including phenoxy) is 2. The molecule has 5 nitrogen and oxygen atoms in total. The average molecular weight is 244 g/mol. The van der Waals surface area contributed by atoms with Crippen LogP contribution in [0.15, 0.2) is 36.5 Å². The highest BCUT2D eigenvalue weighted by atomic mass is 16.7. The number of aryl methyl sites for hydroxylation is 1. The van der Waals surface area contributed by atoms with E-state index < -0.39 is 0 Å². The zero-order valence-corrected chi connectivity index (χ0v) is 9.84. The molecule has 0 unspecified atom stereocenters. The highest BCUT2D eigenvalue weighted by Gasteiger charge is 2.15. The summed E-state index contributed by atoms with van der Waals surface area (Å²) in [6.07, 6.45) is 1.83. The minimum atomic E-state index is -0.152. The minimum absolute atomic E-state index is 0.152. The van der Waals surface area contributed by atoms with Crippen LogP contribution in [0.2, 0.25) is 0 Å². The lowest BCUT2D eigenvalue weighted by Gasteiger charge is -2.06. The van der Waals surface area contributed by atoms with Crippen LogP contribution in [0.3, 0.4) is 0 Å². The van der Waals surface area contributed by atoms with E-state index in [-0.39, 0.29) is 12.7 Å². The number of rotatable bonds is 2. The van der Waals surface area contributed by atoms with Gasteiger partial charge >= 0.3 is 0 Å². The molecule has 92 valence electrons. The number of carbonyl (C=O) groups is 1. The Bertz CT molecular complexity index is 604. The Kier molecular flexibility index (Phi) is 2.44. The third-order valence-electron chi connectivity index (χ3n) is 2.81. The summed E-state index contributed by atoms with van der Waals surface area (Å²) in [6.45, 7) is 0.227. The Hall–Kier alpha value is -2.43. The molecule has 1 aliphatic heterocycles. The maximum atomic E-state index is 12.0. The van der Waals surface area contributed by atoms with Crippen molar-refractivity contribution in [3.8, 4) is 11.5 Å². The van der Waals surface area contributed by atoms with Crippen molar-refractivity contribution in [2.75, 3.05) is 12.1 Å². The summed E-state index contributed by atoms with van der Waals surface area (Å²) in [6, 6.07) is 8.91. The fourth-order valence-corrected chi connectivity index (χ4v) is 1.87. The summed E-state index contributed by atoms with van der Waals surface area (Å²) < 4.78 is 12.2. The third kappa shape index (κ3) is 1.79. The second kappa shape index (κ2) is 4.10. The van der Waals surface area contributed by atoms with Crippen LogP contribution in [-0.2, 0) is 7.05 Å². The molecule has 1 aromatic heterocycles. The summed E-state index contributed by atoms with van der Waals surface area (Å²) in [5.74, 6) is 1.20. The second-order valence-electron chi connectivity index (χ2n) is 4.03. The van der Waals surface area contributed by atoms with Gasteiger partial charge in [-0.2, -0.15) is 0 Å². The van der Waals surface area contributed by atoms with Crippen LogP contribution in [0.1, 0.15) is 10.5 Å². The molecule has 2 aromatic rings. The van der Waals surface area contributed by atoms with Crippen LogP contribution >= 0.6 is 0 Å². The van der Waals surface area contributed by atoms with E-state index in [1.165, 1.54) is 0 Å². The molecule has 1 aromatic carbocycles. The number of anilines is 1. The summed E-state index contributed by atoms with van der Waals surface area (Å²) in [5.41, 5.74) is 1.29. The number of nitrogens with one attached hydrogen (secondary N) is 1. The first-order valence-corrected chi connectivity index (χ1v) is 5.56. The fraction of sp³-hybridized carbons (Fsp3) is 0.154. The topological polar surface area (TPSA) is 52.5 Å². The number of carbonyl (C=O) groups excluding carboxylic acids is 1. The number of benzene rings is 1. The van der Waals surface area contributed by atoms with Crippen LogP contribution in [-0.4, -0.2) is 17.3 Å². The number of nitrogens with zero attached hydrogens (tertiary/aromatic N) is 1. The van der Waals surface area contributed by atoms with Gasteiger partial charge in [0.1, 0.15) is 5.69 Å². The van der Waals surface area contributed by atoms with Crippen molar-refractivity contribution in [2.24, 2.45) is 7.05 Å². The van der Waals surface area contributed by atoms with Crippen molar-refractivity contribution >= 4 is 11.6 Å². The largest absolute Gasteiger partial charge is 0.454 e. The SMILES string of the molecule is Cn1cccc1C(=O)Nc1ccc2c(c1)OCO2. The van der Waals surface area contributed by atoms with Gasteiger partial charge in [0.15, 0.2) is 11.5 Å². The molecular formula is C13H12N2O3. The van der Waals surface area contributed by atoms with E-state index in [1.54, 1.807) is 28.8 Å². The molecule has 0 bridgehead atoms. The van der Waals surface area contributed by atoms with Gasteiger partial charge in [-0.25, -0.2) is 0 Å². The summed E-state index contributed by atoms with van der Waals surface area (Å²) in [5, 5.41) is 2.82. The van der Waals surface area contributed by atoms with Gasteiger partial charge in [0.2, 0.25) is 6.79 Å². The number of hydrogen-bond donors (Lipinski definition) is 1. The second-order valence-corrected chi connectivity index (χ2v) is 4.03. The molecule has 1 amide bonds. The maximum absolute atomic E-state index is 12.0. The molecule has 0 atom stereocenters. The first kappa shape index (κ1) is 10.7. The Morgan fingerprint density at radius 1 is 1.28 bits per heavy atom. The zero-order chi connectivity index (χ0) is 12.5. The predicted octanol–water partition coefficient (Wildman–Crippen LogP) is 2.01. The quantitative estimate of drug-likeness (QED) is 0.879. The van der Waals surface area contributed by atoms with Crippen LogP contribution < -0.4 is 14.8 Å². The van der Waals surface area contributed by atoms with E-state index in [4.69, 9.17) is 9.47 Å². The van der Waals surface area contributed by atoms with Crippen molar-refractivity contribution in [1.29, 1.82) is 0 Å². The van der Waals surface area contributed by atoms with Crippen LogP contribution in [0.4, 0.5) is 5.69 Å². The zero-order valence-electron chi connectivity index (χ0n) is 9.84. The van der Waals surface area contributed by atoms with E-state index in [0.29, 0.717) is 22.9 Å². The predicted molar refractivity (Wildman–Crippen MR) is 65.9 cm³/mol. The van der Waals surface area contributed by atoms with Gasteiger partial charge < -0.3 is 19.4 Å². The lowest BCUT2D eigenvalue weighted by Crippen LogP contribution is -2.15. The Balaban J connectivity index is 1.81. The molecule has 0 radical (unpaired) electrons. The van der Waals surface area contributed by atoms with Crippen LogP contribution in [0.25, 0.3) is 0 Å². The smallest absolute Gasteiger partial charge is 0.272 e. The number of hydrogen-bond acceptors (Lipinski definition) is 3. The van der Waals surface area contributed by atoms with Gasteiger partial charge in [-0.3, -0.25) is 4.79 Å². The molecule has 1 aliphatic rings. The average Bonchev–Trinajstić information content (AvgIpc) is 2.96. The van der Waals surface area contributed by atoms with E-state index >= 15 is 0 Å². The highest BCUT2D eigenvalue weighted by molar-refractivity contribution is 6.03. The standard InChI is InChI=1S/C13H12N2O3/c1-15-6-2-3-10(15)13(16)14-9-4-5-11-12(7-9)18-8-17-11/h2-7H,8H2,1H3,(H,14,16). The first-order valence-electron chi connectivity index (χ1n) is 5.56. The molecule has 3 rings (SSSR count). The molecule has 2 heterocycles. The minimum Gasteiger partial charge on any atom is -0.454 e. The lowest BCUT2D eigenvalue weighted by atomic mass is 10.2. The summed E-state index contributed by atoms with van der Waals surface area (Å²) >= 11 is 0. The summed E-state index contributed by atoms with van der Waals surface area (Å²) in [4.78, 5) is 12.0. The fourth-order valence-electron chi connectivity index (χ4n) is 1.87. The van der Waals surface area contributed by atoms with Crippen LogP contribution in [0, 0.1) is 0 Å². The van der Waals surface area contributed by atoms with Crippen molar-refractivity contribution in [2.45, 2.75) is 0 Å².